The first-order valence-electron chi connectivity index (χ1n) is 8.08. The van der Waals surface area contributed by atoms with Crippen molar-refractivity contribution in [3.05, 3.63) is 15.6 Å². The Bertz CT molecular complexity index is 655. The van der Waals surface area contributed by atoms with E-state index in [0.29, 0.717) is 31.0 Å². The van der Waals surface area contributed by atoms with Gasteiger partial charge in [-0.15, -0.1) is 23.1 Å². The first-order chi connectivity index (χ1) is 11.7. The Morgan fingerprint density at radius 3 is 2.79 bits per heavy atom. The molecule has 0 aromatic carbocycles. The number of nitrogens with one attached hydrogen (secondary N) is 2. The van der Waals surface area contributed by atoms with E-state index in [1.807, 2.05) is 0 Å². The summed E-state index contributed by atoms with van der Waals surface area (Å²) in [7, 11) is 0. The van der Waals surface area contributed by atoms with Crippen LogP contribution in [0.25, 0.3) is 0 Å². The predicted molar refractivity (Wildman–Crippen MR) is 94.1 cm³/mol. The van der Waals surface area contributed by atoms with Crippen molar-refractivity contribution in [3.63, 3.8) is 0 Å². The van der Waals surface area contributed by atoms with Gasteiger partial charge in [0.25, 0.3) is 5.91 Å². The molecule has 1 aliphatic carbocycles. The summed E-state index contributed by atoms with van der Waals surface area (Å²) < 4.78 is 0. The van der Waals surface area contributed by atoms with Gasteiger partial charge < -0.3 is 5.32 Å². The van der Waals surface area contributed by atoms with Crippen molar-refractivity contribution in [1.82, 2.24) is 15.8 Å². The van der Waals surface area contributed by atoms with Crippen LogP contribution in [0.15, 0.2) is 4.99 Å². The summed E-state index contributed by atoms with van der Waals surface area (Å²) in [6.07, 6.45) is 3.78. The lowest BCUT2D eigenvalue weighted by Crippen LogP contribution is -2.26. The van der Waals surface area contributed by atoms with E-state index in [-0.39, 0.29) is 12.3 Å². The standard InChI is InChI=1S/C15H20N4O3S2/c20-10(19-22)3-1-2-6-16-13(21)11-12(9-4-5-9)24-15(18-11)14-17-7-8-23-14/h9,22H,1-8H2,(H,16,21)(H,19,20). The minimum atomic E-state index is -0.406. The number of hydroxylamine groups is 1. The van der Waals surface area contributed by atoms with Crippen LogP contribution in [0.4, 0.5) is 0 Å². The Balaban J connectivity index is 1.56. The third-order valence-corrected chi connectivity index (χ3v) is 6.16. The molecule has 0 spiro atoms. The Morgan fingerprint density at radius 1 is 1.29 bits per heavy atom. The minimum absolute atomic E-state index is 0.144. The van der Waals surface area contributed by atoms with Gasteiger partial charge in [0, 0.05) is 30.1 Å². The van der Waals surface area contributed by atoms with E-state index in [1.165, 1.54) is 0 Å². The van der Waals surface area contributed by atoms with Crippen LogP contribution < -0.4 is 10.8 Å². The van der Waals surface area contributed by atoms with E-state index in [9.17, 15) is 9.59 Å². The van der Waals surface area contributed by atoms with Crippen molar-refractivity contribution >= 4 is 40.0 Å². The highest BCUT2D eigenvalue weighted by Gasteiger charge is 2.32. The fourth-order valence-corrected chi connectivity index (χ4v) is 4.59. The molecule has 0 saturated heterocycles. The smallest absolute Gasteiger partial charge is 0.271 e. The van der Waals surface area contributed by atoms with Crippen LogP contribution in [-0.2, 0) is 4.79 Å². The average molecular weight is 368 g/mol. The third kappa shape index (κ3) is 4.34. The number of nitrogens with zero attached hydrogens (tertiary/aromatic N) is 2. The lowest BCUT2D eigenvalue weighted by atomic mass is 10.2. The number of hydrogen-bond donors (Lipinski definition) is 3. The largest absolute Gasteiger partial charge is 0.351 e. The molecule has 1 fully saturated rings. The molecule has 2 aliphatic rings. The van der Waals surface area contributed by atoms with Crippen LogP contribution in [0.3, 0.4) is 0 Å². The van der Waals surface area contributed by atoms with Crippen molar-refractivity contribution < 1.29 is 14.8 Å². The highest BCUT2D eigenvalue weighted by atomic mass is 32.2. The number of unbranched alkanes of at least 4 members (excludes halogenated alkanes) is 1. The van der Waals surface area contributed by atoms with Crippen LogP contribution in [0.5, 0.6) is 0 Å². The van der Waals surface area contributed by atoms with Gasteiger partial charge in [0.2, 0.25) is 5.91 Å². The first-order valence-corrected chi connectivity index (χ1v) is 9.88. The molecule has 0 bridgehead atoms. The second kappa shape index (κ2) is 8.09. The van der Waals surface area contributed by atoms with Gasteiger partial charge in [-0.3, -0.25) is 19.8 Å². The van der Waals surface area contributed by atoms with Gasteiger partial charge in [-0.1, -0.05) is 0 Å². The van der Waals surface area contributed by atoms with Gasteiger partial charge in [-0.25, -0.2) is 10.5 Å². The molecule has 1 aromatic heterocycles. The van der Waals surface area contributed by atoms with E-state index < -0.39 is 5.91 Å². The first kappa shape index (κ1) is 17.4. The highest BCUT2D eigenvalue weighted by Crippen LogP contribution is 2.45. The summed E-state index contributed by atoms with van der Waals surface area (Å²) in [6.45, 7) is 1.31. The molecule has 2 amide bonds. The number of amides is 2. The van der Waals surface area contributed by atoms with Gasteiger partial charge in [-0.05, 0) is 31.6 Å². The number of carbonyl (C=O) groups is 2. The van der Waals surface area contributed by atoms with Crippen molar-refractivity contribution in [2.45, 2.75) is 38.0 Å². The molecule has 9 heteroatoms. The van der Waals surface area contributed by atoms with Crippen LogP contribution in [-0.4, -0.2) is 45.9 Å². The number of rotatable bonds is 8. The molecule has 1 aliphatic heterocycles. The van der Waals surface area contributed by atoms with Crippen molar-refractivity contribution in [1.29, 1.82) is 0 Å². The van der Waals surface area contributed by atoms with Crippen molar-refractivity contribution in [2.24, 2.45) is 4.99 Å². The molecule has 7 nitrogen and oxygen atoms in total. The van der Waals surface area contributed by atoms with Gasteiger partial charge in [-0.2, -0.15) is 0 Å². The van der Waals surface area contributed by atoms with Gasteiger partial charge in [0.05, 0.1) is 0 Å². The Morgan fingerprint density at radius 2 is 2.12 bits per heavy atom. The van der Waals surface area contributed by atoms with E-state index >= 15 is 0 Å². The lowest BCUT2D eigenvalue weighted by molar-refractivity contribution is -0.129. The fraction of sp³-hybridized carbons (Fsp3) is 0.600. The summed E-state index contributed by atoms with van der Waals surface area (Å²) >= 11 is 3.30. The Kier molecular flexibility index (Phi) is 5.85. The zero-order valence-electron chi connectivity index (χ0n) is 13.2. The second-order valence-corrected chi connectivity index (χ2v) is 7.90. The quantitative estimate of drug-likeness (QED) is 0.369. The molecular weight excluding hydrogens is 348 g/mol. The third-order valence-electron chi connectivity index (χ3n) is 3.83. The Hall–Kier alpha value is -1.45. The van der Waals surface area contributed by atoms with Crippen molar-refractivity contribution in [2.75, 3.05) is 18.8 Å². The highest BCUT2D eigenvalue weighted by molar-refractivity contribution is 8.14. The summed E-state index contributed by atoms with van der Waals surface area (Å²) in [4.78, 5) is 33.4. The second-order valence-electron chi connectivity index (χ2n) is 5.79. The van der Waals surface area contributed by atoms with Gasteiger partial charge in [0.15, 0.2) is 0 Å². The molecule has 2 heterocycles. The van der Waals surface area contributed by atoms with E-state index in [1.54, 1.807) is 28.6 Å². The maximum atomic E-state index is 12.4. The molecule has 130 valence electrons. The monoisotopic (exact) mass is 368 g/mol. The maximum absolute atomic E-state index is 12.4. The van der Waals surface area contributed by atoms with E-state index in [0.717, 1.165) is 40.1 Å². The summed E-state index contributed by atoms with van der Waals surface area (Å²) in [5.74, 6) is 0.902. The number of aliphatic imine (C=N–C) groups is 1. The van der Waals surface area contributed by atoms with Crippen LogP contribution in [0.2, 0.25) is 0 Å². The summed E-state index contributed by atoms with van der Waals surface area (Å²) in [5.41, 5.74) is 2.14. The van der Waals surface area contributed by atoms with Crippen LogP contribution >= 0.6 is 23.1 Å². The van der Waals surface area contributed by atoms with Gasteiger partial charge in [0.1, 0.15) is 15.7 Å². The molecule has 3 rings (SSSR count). The molecule has 0 unspecified atom stereocenters. The number of carbonyl (C=O) groups excluding carboxylic acids is 2. The van der Waals surface area contributed by atoms with Crippen molar-refractivity contribution in [3.8, 4) is 0 Å². The number of thiazole rings is 1. The molecule has 1 saturated carbocycles. The Labute approximate surface area is 148 Å². The molecule has 0 radical (unpaired) electrons. The fourth-order valence-electron chi connectivity index (χ4n) is 2.42. The molecule has 24 heavy (non-hydrogen) atoms. The zero-order valence-corrected chi connectivity index (χ0v) is 14.8. The zero-order chi connectivity index (χ0) is 16.9. The average Bonchev–Trinajstić information content (AvgIpc) is 3.12. The van der Waals surface area contributed by atoms with Gasteiger partial charge >= 0.3 is 0 Å². The lowest BCUT2D eigenvalue weighted by Gasteiger charge is -2.04. The summed E-state index contributed by atoms with van der Waals surface area (Å²) in [6, 6.07) is 0. The number of aromatic nitrogens is 1. The van der Waals surface area contributed by atoms with E-state index in [2.05, 4.69) is 15.3 Å². The molecule has 3 N–H and O–H groups in total. The normalized spacial score (nSPS) is 16.8. The number of hydrogen-bond acceptors (Lipinski definition) is 7. The summed E-state index contributed by atoms with van der Waals surface area (Å²) in [5, 5.41) is 13.1. The maximum Gasteiger partial charge on any atom is 0.271 e. The van der Waals surface area contributed by atoms with E-state index in [4.69, 9.17) is 5.21 Å². The SMILES string of the molecule is O=C(CCCCNC(=O)c1nc(C2=NCCS2)sc1C1CC1)NO. The molecule has 1 aromatic rings. The number of thioether (sulfide) groups is 1. The van der Waals surface area contributed by atoms with Crippen LogP contribution in [0, 0.1) is 0 Å². The minimum Gasteiger partial charge on any atom is -0.351 e. The topological polar surface area (TPSA) is 104 Å². The predicted octanol–water partition coefficient (Wildman–Crippen LogP) is 1.92. The van der Waals surface area contributed by atoms with Crippen LogP contribution in [0.1, 0.15) is 58.4 Å². The molecular formula is C15H20N4O3S2. The molecule has 0 atom stereocenters.